The molecule has 2 nitrogen and oxygen atoms in total. The van der Waals surface area contributed by atoms with Crippen LogP contribution in [0.3, 0.4) is 0 Å². The summed E-state index contributed by atoms with van der Waals surface area (Å²) in [6.07, 6.45) is 1.34. The van der Waals surface area contributed by atoms with E-state index < -0.39 is 0 Å². The van der Waals surface area contributed by atoms with Crippen molar-refractivity contribution in [1.82, 2.24) is 0 Å². The number of carbonyl (C=O) groups excluding carboxylic acids is 1. The molecule has 1 aromatic carbocycles. The summed E-state index contributed by atoms with van der Waals surface area (Å²) in [5.41, 5.74) is 3.26. The van der Waals surface area contributed by atoms with Gasteiger partial charge in [0.05, 0.1) is 11.9 Å². The van der Waals surface area contributed by atoms with Crippen LogP contribution in [-0.4, -0.2) is 12.0 Å². The predicted octanol–water partition coefficient (Wildman–Crippen LogP) is 3.62. The van der Waals surface area contributed by atoms with Crippen LogP contribution < -0.4 is 0 Å². The number of aliphatic imine (C=N–C) groups is 1. The zero-order chi connectivity index (χ0) is 11.8. The Balaban J connectivity index is 0.000000921. The molecule has 0 atom stereocenters. The van der Waals surface area contributed by atoms with Gasteiger partial charge >= 0.3 is 0 Å². The average molecular weight is 205 g/mol. The molecule has 0 unspecified atom stereocenters. The molecule has 0 saturated carbocycles. The van der Waals surface area contributed by atoms with E-state index in [9.17, 15) is 4.79 Å². The van der Waals surface area contributed by atoms with Crippen molar-refractivity contribution in [2.75, 3.05) is 0 Å². The summed E-state index contributed by atoms with van der Waals surface area (Å²) >= 11 is 0. The molecule has 0 aliphatic rings. The van der Waals surface area contributed by atoms with E-state index in [2.05, 4.69) is 4.99 Å². The first-order valence-electron chi connectivity index (χ1n) is 5.21. The third kappa shape index (κ3) is 5.11. The lowest BCUT2D eigenvalue weighted by Crippen LogP contribution is -1.88. The summed E-state index contributed by atoms with van der Waals surface area (Å²) in [6, 6.07) is 5.87. The molecule has 0 amide bonds. The molecule has 1 rings (SSSR count). The second kappa shape index (κ2) is 6.93. The fourth-order valence-electron chi connectivity index (χ4n) is 0.971. The largest absolute Gasteiger partial charge is 0.293 e. The van der Waals surface area contributed by atoms with Gasteiger partial charge in [-0.3, -0.25) is 9.79 Å². The second-order valence-corrected chi connectivity index (χ2v) is 3.14. The van der Waals surface area contributed by atoms with Gasteiger partial charge in [-0.2, -0.15) is 0 Å². The number of aryl methyl sites for hydroxylation is 2. The highest BCUT2D eigenvalue weighted by Gasteiger charge is 1.93. The molecule has 0 heterocycles. The highest BCUT2D eigenvalue weighted by atomic mass is 16.1. The van der Waals surface area contributed by atoms with Gasteiger partial charge in [0, 0.05) is 6.92 Å². The van der Waals surface area contributed by atoms with Crippen molar-refractivity contribution >= 4 is 17.7 Å². The van der Waals surface area contributed by atoms with Crippen molar-refractivity contribution < 1.29 is 4.79 Å². The molecule has 1 aromatic rings. The van der Waals surface area contributed by atoms with Crippen molar-refractivity contribution in [3.05, 3.63) is 29.3 Å². The molecule has 0 N–H and O–H groups in total. The molecule has 0 bridgehead atoms. The summed E-state index contributed by atoms with van der Waals surface area (Å²) < 4.78 is 0. The number of hydrogen-bond donors (Lipinski definition) is 0. The predicted molar refractivity (Wildman–Crippen MR) is 66.1 cm³/mol. The molecule has 82 valence electrons. The number of Topliss-reactive ketones (excluding diaryl/α,β-unsaturated/α-hetero) is 1. The van der Waals surface area contributed by atoms with Gasteiger partial charge in [0.2, 0.25) is 0 Å². The molecule has 0 spiro atoms. The number of ketones is 1. The van der Waals surface area contributed by atoms with Crippen molar-refractivity contribution in [2.45, 2.75) is 34.6 Å². The van der Waals surface area contributed by atoms with Gasteiger partial charge in [-0.1, -0.05) is 19.9 Å². The number of benzene rings is 1. The van der Waals surface area contributed by atoms with Crippen LogP contribution in [0, 0.1) is 13.8 Å². The van der Waals surface area contributed by atoms with E-state index >= 15 is 0 Å². The lowest BCUT2D eigenvalue weighted by Gasteiger charge is -1.99. The van der Waals surface area contributed by atoms with Gasteiger partial charge in [-0.15, -0.1) is 0 Å². The van der Waals surface area contributed by atoms with Crippen molar-refractivity contribution in [3.8, 4) is 0 Å². The Hall–Kier alpha value is -1.44. The average Bonchev–Trinajstić information content (AvgIpc) is 2.23. The van der Waals surface area contributed by atoms with Crippen molar-refractivity contribution in [2.24, 2.45) is 4.99 Å². The number of carbonyl (C=O) groups is 1. The van der Waals surface area contributed by atoms with E-state index in [0.29, 0.717) is 0 Å². The van der Waals surface area contributed by atoms with E-state index in [-0.39, 0.29) is 5.78 Å². The topological polar surface area (TPSA) is 29.4 Å². The first-order valence-corrected chi connectivity index (χ1v) is 5.21. The minimum absolute atomic E-state index is 0.0294. The summed E-state index contributed by atoms with van der Waals surface area (Å²) in [5, 5.41) is 0. The van der Waals surface area contributed by atoms with Crippen LogP contribution in [0.15, 0.2) is 23.2 Å². The van der Waals surface area contributed by atoms with E-state index in [0.717, 1.165) is 5.69 Å². The summed E-state index contributed by atoms with van der Waals surface area (Å²) in [6.45, 7) is 9.57. The van der Waals surface area contributed by atoms with E-state index in [1.54, 1.807) is 0 Å². The van der Waals surface area contributed by atoms with Crippen LogP contribution >= 0.6 is 0 Å². The Morgan fingerprint density at radius 2 is 1.80 bits per heavy atom. The maximum atomic E-state index is 10.6. The molecule has 0 aromatic heterocycles. The van der Waals surface area contributed by atoms with Gasteiger partial charge < -0.3 is 0 Å². The van der Waals surface area contributed by atoms with Crippen molar-refractivity contribution in [1.29, 1.82) is 0 Å². The monoisotopic (exact) mass is 205 g/mol. The third-order valence-electron chi connectivity index (χ3n) is 1.89. The van der Waals surface area contributed by atoms with Gasteiger partial charge in [-0.05, 0) is 37.1 Å². The van der Waals surface area contributed by atoms with Crippen LogP contribution in [-0.2, 0) is 4.79 Å². The summed E-state index contributed by atoms with van der Waals surface area (Å²) in [7, 11) is 0. The summed E-state index contributed by atoms with van der Waals surface area (Å²) in [5.74, 6) is -0.0294. The van der Waals surface area contributed by atoms with E-state index in [1.165, 1.54) is 24.3 Å². The molecule has 0 aliphatic carbocycles. The highest BCUT2D eigenvalue weighted by Crippen LogP contribution is 2.16. The Kier molecular flexibility index (Phi) is 6.27. The zero-order valence-corrected chi connectivity index (χ0v) is 10.2. The van der Waals surface area contributed by atoms with Gasteiger partial charge in [0.1, 0.15) is 0 Å². The Bertz CT molecular complexity index is 354. The normalized spacial score (nSPS) is 9.67. The Labute approximate surface area is 92.0 Å². The standard InChI is InChI=1S/C11H13NO.C2H6/c1-8-4-5-11(6-9(8)2)12-7-10(3)13;1-2/h4-7H,1-3H3;1-2H3. The minimum Gasteiger partial charge on any atom is -0.293 e. The highest BCUT2D eigenvalue weighted by molar-refractivity contribution is 6.26. The smallest absolute Gasteiger partial charge is 0.170 e. The minimum atomic E-state index is -0.0294. The van der Waals surface area contributed by atoms with E-state index in [1.807, 2.05) is 45.9 Å². The molecule has 0 radical (unpaired) electrons. The molecule has 0 aliphatic heterocycles. The molecule has 15 heavy (non-hydrogen) atoms. The van der Waals surface area contributed by atoms with Crippen LogP contribution in [0.2, 0.25) is 0 Å². The fourth-order valence-corrected chi connectivity index (χ4v) is 0.971. The third-order valence-corrected chi connectivity index (χ3v) is 1.89. The zero-order valence-electron chi connectivity index (χ0n) is 10.2. The van der Waals surface area contributed by atoms with Gasteiger partial charge in [0.25, 0.3) is 0 Å². The first kappa shape index (κ1) is 13.6. The maximum absolute atomic E-state index is 10.6. The lowest BCUT2D eigenvalue weighted by atomic mass is 10.1. The molecule has 0 saturated heterocycles. The number of rotatable bonds is 2. The second-order valence-electron chi connectivity index (χ2n) is 3.14. The van der Waals surface area contributed by atoms with Crippen LogP contribution in [0.25, 0.3) is 0 Å². The SMILES string of the molecule is CC.CC(=O)C=Nc1ccc(C)c(C)c1. The van der Waals surface area contributed by atoms with Crippen molar-refractivity contribution in [3.63, 3.8) is 0 Å². The molecular weight excluding hydrogens is 186 g/mol. The number of hydrogen-bond acceptors (Lipinski definition) is 2. The first-order chi connectivity index (χ1) is 7.09. The summed E-state index contributed by atoms with van der Waals surface area (Å²) in [4.78, 5) is 14.7. The Morgan fingerprint density at radius 3 is 2.27 bits per heavy atom. The number of nitrogens with zero attached hydrogens (tertiary/aromatic N) is 1. The van der Waals surface area contributed by atoms with Crippen LogP contribution in [0.4, 0.5) is 5.69 Å². The Morgan fingerprint density at radius 1 is 1.20 bits per heavy atom. The van der Waals surface area contributed by atoms with Gasteiger partial charge in [0.15, 0.2) is 5.78 Å². The maximum Gasteiger partial charge on any atom is 0.170 e. The molecular formula is C13H19NO. The lowest BCUT2D eigenvalue weighted by molar-refractivity contribution is -0.110. The molecule has 2 heteroatoms. The van der Waals surface area contributed by atoms with Crippen LogP contribution in [0.1, 0.15) is 31.9 Å². The van der Waals surface area contributed by atoms with E-state index in [4.69, 9.17) is 0 Å². The van der Waals surface area contributed by atoms with Crippen LogP contribution in [0.5, 0.6) is 0 Å². The van der Waals surface area contributed by atoms with Gasteiger partial charge in [-0.25, -0.2) is 0 Å². The molecule has 0 fully saturated rings. The quantitative estimate of drug-likeness (QED) is 0.678. The fraction of sp³-hybridized carbons (Fsp3) is 0.385.